The molecule has 0 unspecified atom stereocenters. The molecule has 11 nitrogen and oxygen atoms in total. The predicted octanol–water partition coefficient (Wildman–Crippen LogP) is 3.00. The second-order valence-corrected chi connectivity index (χ2v) is 8.65. The third-order valence-electron chi connectivity index (χ3n) is 5.91. The second kappa shape index (κ2) is 9.46. The number of amides is 1. The van der Waals surface area contributed by atoms with Gasteiger partial charge >= 0.3 is 0 Å². The molecule has 36 heavy (non-hydrogen) atoms. The van der Waals surface area contributed by atoms with Crippen molar-refractivity contribution in [3.8, 4) is 17.3 Å². The number of piperazine rings is 1. The van der Waals surface area contributed by atoms with Crippen LogP contribution in [0.1, 0.15) is 25.7 Å². The molecule has 5 heterocycles. The summed E-state index contributed by atoms with van der Waals surface area (Å²) >= 11 is 0. The number of aryl methyl sites for hydroxylation is 1. The number of imidazole rings is 1. The Kier molecular flexibility index (Phi) is 6.18. The summed E-state index contributed by atoms with van der Waals surface area (Å²) in [7, 11) is 1.50. The number of carbonyl (C=O) groups excluding carboxylic acids is 1. The van der Waals surface area contributed by atoms with Crippen LogP contribution in [0, 0.1) is 12.7 Å². The normalized spacial score (nSPS) is 14.1. The molecular weight excluding hydrogens is 465 g/mol. The standard InChI is InChI=1S/C24H26FN9O2/c1-13(2)34-14(3)29-22-18(34)9-17(30-23(22)36-4)21-16(25)11-28-24(32-21)31-19-6-5-15(10-27-19)33-8-7-26-12-20(33)35/h5-6,9-11,13,26H,7-8,12H2,1-4H3,(H,27,28,31,32). The van der Waals surface area contributed by atoms with E-state index in [4.69, 9.17) is 4.74 Å². The third kappa shape index (κ3) is 4.31. The molecule has 1 amide bonds. The van der Waals surface area contributed by atoms with Crippen LogP contribution >= 0.6 is 0 Å². The van der Waals surface area contributed by atoms with E-state index in [9.17, 15) is 9.18 Å². The van der Waals surface area contributed by atoms with Gasteiger partial charge in [0.05, 0.1) is 42.9 Å². The molecule has 0 atom stereocenters. The zero-order valence-electron chi connectivity index (χ0n) is 20.4. The summed E-state index contributed by atoms with van der Waals surface area (Å²) < 4.78 is 22.4. The maximum Gasteiger partial charge on any atom is 0.242 e. The van der Waals surface area contributed by atoms with E-state index in [1.165, 1.54) is 7.11 Å². The first-order chi connectivity index (χ1) is 17.4. The van der Waals surface area contributed by atoms with Crippen molar-refractivity contribution in [3.05, 3.63) is 42.2 Å². The zero-order chi connectivity index (χ0) is 25.4. The van der Waals surface area contributed by atoms with Crippen LogP contribution in [0.2, 0.25) is 0 Å². The first-order valence-electron chi connectivity index (χ1n) is 11.6. The van der Waals surface area contributed by atoms with Crippen molar-refractivity contribution in [2.75, 3.05) is 37.0 Å². The van der Waals surface area contributed by atoms with E-state index in [1.807, 2.05) is 25.3 Å². The summed E-state index contributed by atoms with van der Waals surface area (Å²) in [5, 5.41) is 6.03. The molecule has 4 aromatic rings. The van der Waals surface area contributed by atoms with Gasteiger partial charge in [0.2, 0.25) is 17.7 Å². The van der Waals surface area contributed by atoms with Gasteiger partial charge in [-0.25, -0.2) is 29.3 Å². The number of pyridine rings is 2. The average molecular weight is 492 g/mol. The van der Waals surface area contributed by atoms with Crippen molar-refractivity contribution in [1.82, 2.24) is 34.8 Å². The Hall–Kier alpha value is -4.19. The zero-order valence-corrected chi connectivity index (χ0v) is 20.4. The quantitative estimate of drug-likeness (QED) is 0.419. The predicted molar refractivity (Wildman–Crippen MR) is 133 cm³/mol. The Balaban J connectivity index is 1.47. The topological polar surface area (TPSA) is 123 Å². The van der Waals surface area contributed by atoms with Crippen molar-refractivity contribution in [2.45, 2.75) is 26.8 Å². The Labute approximate surface area is 206 Å². The maximum atomic E-state index is 14.9. The number of methoxy groups -OCH3 is 1. The summed E-state index contributed by atoms with van der Waals surface area (Å²) in [6, 6.07) is 5.39. The number of hydrogen-bond donors (Lipinski definition) is 2. The lowest BCUT2D eigenvalue weighted by Crippen LogP contribution is -2.48. The van der Waals surface area contributed by atoms with Gasteiger partial charge in [-0.15, -0.1) is 0 Å². The molecule has 1 aliphatic rings. The molecule has 0 aromatic carbocycles. The highest BCUT2D eigenvalue weighted by Gasteiger charge is 2.21. The molecule has 0 bridgehead atoms. The molecular formula is C24H26FN9O2. The van der Waals surface area contributed by atoms with Crippen molar-refractivity contribution < 1.29 is 13.9 Å². The average Bonchev–Trinajstić information content (AvgIpc) is 3.21. The first-order valence-corrected chi connectivity index (χ1v) is 11.6. The van der Waals surface area contributed by atoms with E-state index in [2.05, 4.69) is 35.6 Å². The van der Waals surface area contributed by atoms with Crippen LogP contribution in [0.5, 0.6) is 5.88 Å². The van der Waals surface area contributed by atoms with Gasteiger partial charge in [-0.2, -0.15) is 0 Å². The molecule has 4 aromatic heterocycles. The molecule has 186 valence electrons. The van der Waals surface area contributed by atoms with Gasteiger partial charge in [0.25, 0.3) is 0 Å². The van der Waals surface area contributed by atoms with Crippen LogP contribution < -0.4 is 20.3 Å². The van der Waals surface area contributed by atoms with Crippen molar-refractivity contribution in [1.29, 1.82) is 0 Å². The van der Waals surface area contributed by atoms with Crippen LogP contribution in [0.4, 0.5) is 21.8 Å². The smallest absolute Gasteiger partial charge is 0.242 e. The summed E-state index contributed by atoms with van der Waals surface area (Å²) in [5.74, 6) is 1.07. The number of nitrogens with one attached hydrogen (secondary N) is 2. The van der Waals surface area contributed by atoms with E-state index < -0.39 is 5.82 Å². The molecule has 1 fully saturated rings. The van der Waals surface area contributed by atoms with Crippen LogP contribution in [0.15, 0.2) is 30.6 Å². The number of ether oxygens (including phenoxy) is 1. The molecule has 1 aliphatic heterocycles. The van der Waals surface area contributed by atoms with Crippen molar-refractivity contribution in [2.24, 2.45) is 0 Å². The van der Waals surface area contributed by atoms with Crippen LogP contribution in [-0.2, 0) is 4.79 Å². The van der Waals surface area contributed by atoms with Gasteiger partial charge < -0.3 is 24.8 Å². The molecule has 12 heteroatoms. The molecule has 0 saturated carbocycles. The highest BCUT2D eigenvalue weighted by atomic mass is 19.1. The minimum absolute atomic E-state index is 0.0100. The number of halogens is 1. The van der Waals surface area contributed by atoms with Gasteiger partial charge in [-0.05, 0) is 39.0 Å². The lowest BCUT2D eigenvalue weighted by molar-refractivity contribution is -0.118. The second-order valence-electron chi connectivity index (χ2n) is 8.65. The van der Waals surface area contributed by atoms with Gasteiger partial charge in [-0.3, -0.25) is 4.79 Å². The number of aromatic nitrogens is 6. The number of nitrogens with zero attached hydrogens (tertiary/aromatic N) is 7. The first kappa shape index (κ1) is 23.5. The monoisotopic (exact) mass is 491 g/mol. The Morgan fingerprint density at radius 3 is 2.69 bits per heavy atom. The lowest BCUT2D eigenvalue weighted by atomic mass is 10.2. The van der Waals surface area contributed by atoms with Crippen molar-refractivity contribution >= 4 is 34.4 Å². The number of fused-ring (bicyclic) bond motifs is 1. The number of carbonyl (C=O) groups is 1. The van der Waals surface area contributed by atoms with E-state index in [1.54, 1.807) is 29.3 Å². The summed E-state index contributed by atoms with van der Waals surface area (Å²) in [6.07, 6.45) is 2.69. The largest absolute Gasteiger partial charge is 0.479 e. The Morgan fingerprint density at radius 1 is 1.17 bits per heavy atom. The van der Waals surface area contributed by atoms with E-state index in [0.717, 1.165) is 24.1 Å². The minimum atomic E-state index is -0.623. The minimum Gasteiger partial charge on any atom is -0.479 e. The Bertz CT molecular complexity index is 1440. The molecule has 5 rings (SSSR count). The summed E-state index contributed by atoms with van der Waals surface area (Å²) in [6.45, 7) is 7.60. The summed E-state index contributed by atoms with van der Waals surface area (Å²) in [4.78, 5) is 35.6. The van der Waals surface area contributed by atoms with Crippen LogP contribution in [0.25, 0.3) is 22.4 Å². The van der Waals surface area contributed by atoms with Gasteiger partial charge in [0.15, 0.2) is 11.3 Å². The fourth-order valence-electron chi connectivity index (χ4n) is 4.32. The van der Waals surface area contributed by atoms with Crippen molar-refractivity contribution in [3.63, 3.8) is 0 Å². The highest BCUT2D eigenvalue weighted by molar-refractivity contribution is 5.95. The molecule has 0 radical (unpaired) electrons. The van der Waals surface area contributed by atoms with Gasteiger partial charge in [0.1, 0.15) is 17.3 Å². The van der Waals surface area contributed by atoms with Gasteiger partial charge in [0, 0.05) is 19.1 Å². The highest BCUT2D eigenvalue weighted by Crippen LogP contribution is 2.32. The number of hydrogen-bond acceptors (Lipinski definition) is 9. The Morgan fingerprint density at radius 2 is 2.00 bits per heavy atom. The number of anilines is 3. The van der Waals surface area contributed by atoms with Gasteiger partial charge in [-0.1, -0.05) is 0 Å². The van der Waals surface area contributed by atoms with E-state index in [-0.39, 0.29) is 29.5 Å². The lowest BCUT2D eigenvalue weighted by Gasteiger charge is -2.27. The summed E-state index contributed by atoms with van der Waals surface area (Å²) in [5.41, 5.74) is 2.40. The fraction of sp³-hybridized carbons (Fsp3) is 0.333. The molecule has 2 N–H and O–H groups in total. The fourth-order valence-corrected chi connectivity index (χ4v) is 4.32. The van der Waals surface area contributed by atoms with Crippen LogP contribution in [-0.4, -0.2) is 62.1 Å². The SMILES string of the molecule is COc1nc(-c2nc(Nc3ccc(N4CCNCC4=O)cn3)ncc2F)cc2c1nc(C)n2C(C)C. The van der Waals surface area contributed by atoms with E-state index >= 15 is 0 Å². The number of rotatable bonds is 6. The van der Waals surface area contributed by atoms with E-state index in [0.29, 0.717) is 35.8 Å². The molecule has 0 aliphatic carbocycles. The third-order valence-corrected chi connectivity index (χ3v) is 5.91. The maximum absolute atomic E-state index is 14.9. The molecule has 0 spiro atoms. The molecule has 1 saturated heterocycles. The van der Waals surface area contributed by atoms with Crippen LogP contribution in [0.3, 0.4) is 0 Å².